The van der Waals surface area contributed by atoms with E-state index < -0.39 is 5.54 Å². The number of esters is 1. The number of carbonyl (C=O) groups is 1. The van der Waals surface area contributed by atoms with Crippen molar-refractivity contribution in [1.29, 1.82) is 0 Å². The number of ether oxygens (including phenoxy) is 1. The van der Waals surface area contributed by atoms with Gasteiger partial charge in [-0.05, 0) is 38.0 Å². The minimum Gasteiger partial charge on any atom is -0.465 e. The van der Waals surface area contributed by atoms with Gasteiger partial charge in [0.1, 0.15) is 5.54 Å². The third kappa shape index (κ3) is 1.26. The molecule has 0 saturated heterocycles. The maximum atomic E-state index is 11.4. The smallest absolute Gasteiger partial charge is 0.326 e. The fraction of sp³-hybridized carbons (Fsp3) is 0.900. The molecule has 2 aliphatic rings. The lowest BCUT2D eigenvalue weighted by atomic mass is 9.49. The first-order valence-electron chi connectivity index (χ1n) is 5.06. The molecule has 3 nitrogen and oxygen atoms in total. The quantitative estimate of drug-likeness (QED) is 0.655. The predicted molar refractivity (Wildman–Crippen MR) is 49.1 cm³/mol. The van der Waals surface area contributed by atoms with E-state index in [1.54, 1.807) is 0 Å². The van der Waals surface area contributed by atoms with Crippen molar-refractivity contribution in [2.75, 3.05) is 6.61 Å². The molecule has 2 aliphatic carbocycles. The highest BCUT2D eigenvalue weighted by atomic mass is 16.5. The molecule has 2 rings (SSSR count). The Hall–Kier alpha value is -0.570. The molecular formula is C10H17NO2. The van der Waals surface area contributed by atoms with E-state index in [1.807, 2.05) is 6.92 Å². The standard InChI is InChI=1S/C10H17NO2/c1-2-13-8(12)10(11)6-9(7-10)4-3-5-9/h2-7,11H2,1H3. The molecule has 0 bridgehead atoms. The SMILES string of the molecule is CCOC(=O)C1(N)CC2(CCC2)C1. The molecule has 0 atom stereocenters. The van der Waals surface area contributed by atoms with Crippen LogP contribution in [0.4, 0.5) is 0 Å². The molecule has 0 aliphatic heterocycles. The molecule has 1 spiro atoms. The molecule has 0 aromatic rings. The van der Waals surface area contributed by atoms with Crippen molar-refractivity contribution < 1.29 is 9.53 Å². The van der Waals surface area contributed by atoms with E-state index >= 15 is 0 Å². The Morgan fingerprint density at radius 3 is 2.46 bits per heavy atom. The van der Waals surface area contributed by atoms with Crippen LogP contribution >= 0.6 is 0 Å². The van der Waals surface area contributed by atoms with Crippen LogP contribution in [0.2, 0.25) is 0 Å². The fourth-order valence-corrected chi connectivity index (χ4v) is 2.74. The molecule has 0 unspecified atom stereocenters. The van der Waals surface area contributed by atoms with Crippen LogP contribution in [0.25, 0.3) is 0 Å². The van der Waals surface area contributed by atoms with Crippen molar-refractivity contribution in [2.45, 2.75) is 44.6 Å². The van der Waals surface area contributed by atoms with Crippen LogP contribution in [0.15, 0.2) is 0 Å². The highest BCUT2D eigenvalue weighted by molar-refractivity contribution is 5.82. The summed E-state index contributed by atoms with van der Waals surface area (Å²) in [5, 5.41) is 0. The Balaban J connectivity index is 1.90. The number of hydrogen-bond acceptors (Lipinski definition) is 3. The van der Waals surface area contributed by atoms with E-state index in [9.17, 15) is 4.79 Å². The van der Waals surface area contributed by atoms with Crippen LogP contribution in [-0.2, 0) is 9.53 Å². The molecule has 0 aromatic carbocycles. The number of hydrogen-bond donors (Lipinski definition) is 1. The molecule has 2 saturated carbocycles. The van der Waals surface area contributed by atoms with Gasteiger partial charge in [0.2, 0.25) is 0 Å². The van der Waals surface area contributed by atoms with E-state index in [2.05, 4.69) is 0 Å². The molecular weight excluding hydrogens is 166 g/mol. The van der Waals surface area contributed by atoms with Gasteiger partial charge in [-0.15, -0.1) is 0 Å². The van der Waals surface area contributed by atoms with Crippen LogP contribution < -0.4 is 5.73 Å². The average Bonchev–Trinajstić information content (AvgIpc) is 1.95. The summed E-state index contributed by atoms with van der Waals surface area (Å²) in [6.45, 7) is 2.25. The van der Waals surface area contributed by atoms with Crippen LogP contribution in [-0.4, -0.2) is 18.1 Å². The Bertz CT molecular complexity index is 225. The first-order valence-corrected chi connectivity index (χ1v) is 5.06. The minimum absolute atomic E-state index is 0.201. The predicted octanol–water partition coefficient (Wildman–Crippen LogP) is 1.21. The molecule has 0 aromatic heterocycles. The first-order chi connectivity index (χ1) is 6.10. The monoisotopic (exact) mass is 183 g/mol. The van der Waals surface area contributed by atoms with E-state index in [4.69, 9.17) is 10.5 Å². The van der Waals surface area contributed by atoms with Gasteiger partial charge in [-0.25, -0.2) is 0 Å². The van der Waals surface area contributed by atoms with Crippen molar-refractivity contribution in [3.63, 3.8) is 0 Å². The number of nitrogens with two attached hydrogens (primary N) is 1. The molecule has 74 valence electrons. The Morgan fingerprint density at radius 1 is 1.46 bits per heavy atom. The second-order valence-corrected chi connectivity index (χ2v) is 4.58. The summed E-state index contributed by atoms with van der Waals surface area (Å²) >= 11 is 0. The molecule has 0 radical (unpaired) electrons. The lowest BCUT2D eigenvalue weighted by Crippen LogP contribution is -2.65. The summed E-state index contributed by atoms with van der Waals surface area (Å²) in [6, 6.07) is 0. The Kier molecular flexibility index (Phi) is 1.88. The van der Waals surface area contributed by atoms with Crippen LogP contribution in [0.5, 0.6) is 0 Å². The van der Waals surface area contributed by atoms with Crippen molar-refractivity contribution in [3.05, 3.63) is 0 Å². The zero-order chi connectivity index (χ0) is 9.53. The third-order valence-electron chi connectivity index (χ3n) is 3.48. The molecule has 2 N–H and O–H groups in total. The average molecular weight is 183 g/mol. The second-order valence-electron chi connectivity index (χ2n) is 4.58. The Morgan fingerprint density at radius 2 is 2.08 bits per heavy atom. The summed E-state index contributed by atoms with van der Waals surface area (Å²) in [4.78, 5) is 11.4. The van der Waals surface area contributed by atoms with E-state index in [1.165, 1.54) is 19.3 Å². The second kappa shape index (κ2) is 2.71. The van der Waals surface area contributed by atoms with Crippen molar-refractivity contribution >= 4 is 5.97 Å². The van der Waals surface area contributed by atoms with Gasteiger partial charge in [-0.2, -0.15) is 0 Å². The highest BCUT2D eigenvalue weighted by Crippen LogP contribution is 2.59. The van der Waals surface area contributed by atoms with E-state index in [0.717, 1.165) is 12.8 Å². The van der Waals surface area contributed by atoms with Gasteiger partial charge < -0.3 is 10.5 Å². The van der Waals surface area contributed by atoms with Gasteiger partial charge >= 0.3 is 5.97 Å². The summed E-state index contributed by atoms with van der Waals surface area (Å²) < 4.78 is 4.95. The maximum Gasteiger partial charge on any atom is 0.326 e. The van der Waals surface area contributed by atoms with Gasteiger partial charge in [-0.3, -0.25) is 4.79 Å². The van der Waals surface area contributed by atoms with Gasteiger partial charge in [0, 0.05) is 0 Å². The third-order valence-corrected chi connectivity index (χ3v) is 3.48. The number of rotatable bonds is 2. The fourth-order valence-electron chi connectivity index (χ4n) is 2.74. The van der Waals surface area contributed by atoms with Gasteiger partial charge in [0.05, 0.1) is 6.61 Å². The summed E-state index contributed by atoms with van der Waals surface area (Å²) in [5.74, 6) is -0.201. The normalized spacial score (nSPS) is 27.5. The van der Waals surface area contributed by atoms with Crippen molar-refractivity contribution in [3.8, 4) is 0 Å². The van der Waals surface area contributed by atoms with Gasteiger partial charge in [0.15, 0.2) is 0 Å². The lowest BCUT2D eigenvalue weighted by Gasteiger charge is -2.57. The summed E-state index contributed by atoms with van der Waals surface area (Å²) in [6.07, 6.45) is 5.51. The summed E-state index contributed by atoms with van der Waals surface area (Å²) in [7, 11) is 0. The molecule has 0 heterocycles. The largest absolute Gasteiger partial charge is 0.465 e. The molecule has 13 heavy (non-hydrogen) atoms. The lowest BCUT2D eigenvalue weighted by molar-refractivity contribution is -0.164. The van der Waals surface area contributed by atoms with Gasteiger partial charge in [0.25, 0.3) is 0 Å². The van der Waals surface area contributed by atoms with Crippen LogP contribution in [0.1, 0.15) is 39.0 Å². The number of carbonyl (C=O) groups excluding carboxylic acids is 1. The van der Waals surface area contributed by atoms with E-state index in [0.29, 0.717) is 12.0 Å². The Labute approximate surface area is 78.6 Å². The molecule has 3 heteroatoms. The summed E-state index contributed by atoms with van der Waals surface area (Å²) in [5.41, 5.74) is 5.73. The zero-order valence-corrected chi connectivity index (χ0v) is 8.14. The molecule has 2 fully saturated rings. The van der Waals surface area contributed by atoms with Crippen LogP contribution in [0.3, 0.4) is 0 Å². The highest BCUT2D eigenvalue weighted by Gasteiger charge is 2.59. The van der Waals surface area contributed by atoms with Crippen LogP contribution in [0, 0.1) is 5.41 Å². The van der Waals surface area contributed by atoms with Crippen molar-refractivity contribution in [1.82, 2.24) is 0 Å². The topological polar surface area (TPSA) is 52.3 Å². The minimum atomic E-state index is -0.642. The zero-order valence-electron chi connectivity index (χ0n) is 8.14. The molecule has 0 amide bonds. The first kappa shape index (κ1) is 9.00. The van der Waals surface area contributed by atoms with E-state index in [-0.39, 0.29) is 5.97 Å². The van der Waals surface area contributed by atoms with Crippen molar-refractivity contribution in [2.24, 2.45) is 11.1 Å². The maximum absolute atomic E-state index is 11.4. The van der Waals surface area contributed by atoms with Gasteiger partial charge in [-0.1, -0.05) is 6.42 Å².